The summed E-state index contributed by atoms with van der Waals surface area (Å²) in [6.07, 6.45) is 1.18. The van der Waals surface area contributed by atoms with Crippen LogP contribution >= 0.6 is 0 Å². The van der Waals surface area contributed by atoms with Crippen LogP contribution in [-0.4, -0.2) is 48.1 Å². The molecule has 32 heavy (non-hydrogen) atoms. The lowest BCUT2D eigenvalue weighted by molar-refractivity contribution is -0.383. The zero-order valence-corrected chi connectivity index (χ0v) is 17.4. The molecule has 0 saturated heterocycles. The molecule has 0 aliphatic carbocycles. The van der Waals surface area contributed by atoms with Gasteiger partial charge in [-0.05, 0) is 30.3 Å². The fourth-order valence-corrected chi connectivity index (χ4v) is 2.96. The average Bonchev–Trinajstić information content (AvgIpc) is 2.82. The highest BCUT2D eigenvalue weighted by molar-refractivity contribution is 5.97. The van der Waals surface area contributed by atoms with E-state index in [1.807, 2.05) is 6.07 Å². The Morgan fingerprint density at radius 2 is 1.59 bits per heavy atom. The van der Waals surface area contributed by atoms with E-state index >= 15 is 0 Å². The molecule has 164 valence electrons. The Morgan fingerprint density at radius 1 is 1.00 bits per heavy atom. The average molecular weight is 437 g/mol. The number of para-hydroxylation sites is 1. The summed E-state index contributed by atoms with van der Waals surface area (Å²) in [4.78, 5) is 45.0. The van der Waals surface area contributed by atoms with Gasteiger partial charge in [0, 0.05) is 18.4 Å². The smallest absolute Gasteiger partial charge is 0.354 e. The first-order chi connectivity index (χ1) is 15.3. The van der Waals surface area contributed by atoms with Crippen molar-refractivity contribution >= 4 is 40.6 Å². The minimum atomic E-state index is -0.694. The van der Waals surface area contributed by atoms with Gasteiger partial charge in [-0.3, -0.25) is 10.1 Å². The summed E-state index contributed by atoms with van der Waals surface area (Å²) >= 11 is 0. The molecule has 0 bridgehead atoms. The maximum absolute atomic E-state index is 12.0. The van der Waals surface area contributed by atoms with Crippen molar-refractivity contribution < 1.29 is 24.0 Å². The molecule has 3 rings (SSSR count). The molecular weight excluding hydrogens is 418 g/mol. The highest BCUT2D eigenvalue weighted by Crippen LogP contribution is 2.36. The van der Waals surface area contributed by atoms with Gasteiger partial charge in [0.1, 0.15) is 6.33 Å². The molecule has 11 nitrogen and oxygen atoms in total. The van der Waals surface area contributed by atoms with Crippen molar-refractivity contribution in [2.24, 2.45) is 0 Å². The molecule has 1 N–H and O–H groups in total. The summed E-state index contributed by atoms with van der Waals surface area (Å²) in [6.45, 7) is 0. The number of carbonyl (C=O) groups is 2. The second kappa shape index (κ2) is 9.51. The van der Waals surface area contributed by atoms with E-state index in [1.54, 1.807) is 36.2 Å². The predicted octanol–water partition coefficient (Wildman–Crippen LogP) is 3.47. The molecule has 2 aromatic carbocycles. The van der Waals surface area contributed by atoms with Gasteiger partial charge in [0.2, 0.25) is 11.6 Å². The fraction of sp³-hybridized carbons (Fsp3) is 0.143. The Bertz CT molecular complexity index is 1130. The van der Waals surface area contributed by atoms with Crippen LogP contribution in [-0.2, 0) is 9.47 Å². The van der Waals surface area contributed by atoms with Gasteiger partial charge >= 0.3 is 17.6 Å². The first kappa shape index (κ1) is 22.2. The summed E-state index contributed by atoms with van der Waals surface area (Å²) in [5, 5.41) is 14.7. The molecule has 3 aromatic rings. The maximum atomic E-state index is 12.0. The summed E-state index contributed by atoms with van der Waals surface area (Å²) < 4.78 is 9.42. The number of benzene rings is 2. The van der Waals surface area contributed by atoms with Crippen LogP contribution in [0.1, 0.15) is 20.7 Å². The number of hydrogen-bond acceptors (Lipinski definition) is 10. The van der Waals surface area contributed by atoms with Crippen LogP contribution < -0.4 is 10.2 Å². The Kier molecular flexibility index (Phi) is 6.59. The number of rotatable bonds is 7. The fourth-order valence-electron chi connectivity index (χ4n) is 2.96. The number of methoxy groups -OCH3 is 2. The van der Waals surface area contributed by atoms with Crippen molar-refractivity contribution in [3.8, 4) is 0 Å². The van der Waals surface area contributed by atoms with Crippen molar-refractivity contribution in [2.45, 2.75) is 0 Å². The van der Waals surface area contributed by atoms with Gasteiger partial charge in [0.25, 0.3) is 0 Å². The van der Waals surface area contributed by atoms with Crippen LogP contribution in [0.2, 0.25) is 0 Å². The molecule has 0 atom stereocenters. The predicted molar refractivity (Wildman–Crippen MR) is 116 cm³/mol. The number of esters is 2. The van der Waals surface area contributed by atoms with Crippen molar-refractivity contribution in [3.63, 3.8) is 0 Å². The highest BCUT2D eigenvalue weighted by atomic mass is 16.6. The zero-order chi connectivity index (χ0) is 23.3. The van der Waals surface area contributed by atoms with Crippen LogP contribution in [0, 0.1) is 10.1 Å². The van der Waals surface area contributed by atoms with Gasteiger partial charge in [0.05, 0.1) is 30.3 Å². The van der Waals surface area contributed by atoms with Crippen molar-refractivity contribution in [2.75, 3.05) is 31.5 Å². The first-order valence-corrected chi connectivity index (χ1v) is 9.22. The normalized spacial score (nSPS) is 10.2. The van der Waals surface area contributed by atoms with E-state index < -0.39 is 16.9 Å². The minimum absolute atomic E-state index is 0.0519. The van der Waals surface area contributed by atoms with E-state index in [9.17, 15) is 19.7 Å². The Hall–Kier alpha value is -4.54. The second-order valence-corrected chi connectivity index (χ2v) is 6.45. The van der Waals surface area contributed by atoms with Gasteiger partial charge in [-0.2, -0.15) is 0 Å². The third-order valence-corrected chi connectivity index (χ3v) is 4.48. The summed E-state index contributed by atoms with van der Waals surface area (Å²) in [6, 6.07) is 13.0. The largest absolute Gasteiger partial charge is 0.465 e. The van der Waals surface area contributed by atoms with Crippen LogP contribution in [0.3, 0.4) is 0 Å². The molecule has 0 unspecified atom stereocenters. The summed E-state index contributed by atoms with van der Waals surface area (Å²) in [5.41, 5.74) is 0.596. The van der Waals surface area contributed by atoms with E-state index in [1.165, 1.54) is 38.7 Å². The van der Waals surface area contributed by atoms with Crippen molar-refractivity contribution in [3.05, 3.63) is 76.1 Å². The second-order valence-electron chi connectivity index (χ2n) is 6.45. The monoisotopic (exact) mass is 437 g/mol. The van der Waals surface area contributed by atoms with Crippen LogP contribution in [0.15, 0.2) is 54.9 Å². The number of aromatic nitrogens is 2. The highest BCUT2D eigenvalue weighted by Gasteiger charge is 2.27. The van der Waals surface area contributed by atoms with Gasteiger partial charge in [-0.15, -0.1) is 0 Å². The molecule has 0 amide bonds. The number of carbonyl (C=O) groups excluding carboxylic acids is 2. The molecule has 1 aromatic heterocycles. The molecule has 0 fully saturated rings. The lowest BCUT2D eigenvalue weighted by atomic mass is 10.1. The quantitative estimate of drug-likeness (QED) is 0.332. The first-order valence-electron chi connectivity index (χ1n) is 9.22. The van der Waals surface area contributed by atoms with E-state index in [-0.39, 0.29) is 34.1 Å². The molecule has 0 radical (unpaired) electrons. The van der Waals surface area contributed by atoms with E-state index in [2.05, 4.69) is 15.3 Å². The van der Waals surface area contributed by atoms with Gasteiger partial charge < -0.3 is 19.7 Å². The zero-order valence-electron chi connectivity index (χ0n) is 17.4. The summed E-state index contributed by atoms with van der Waals surface area (Å²) in [7, 11) is 4.03. The van der Waals surface area contributed by atoms with Crippen molar-refractivity contribution in [1.29, 1.82) is 0 Å². The van der Waals surface area contributed by atoms with Crippen LogP contribution in [0.5, 0.6) is 0 Å². The lowest BCUT2D eigenvalue weighted by Gasteiger charge is -2.19. The number of ether oxygens (including phenoxy) is 2. The Morgan fingerprint density at radius 3 is 2.12 bits per heavy atom. The van der Waals surface area contributed by atoms with E-state index in [4.69, 9.17) is 9.47 Å². The van der Waals surface area contributed by atoms with Gasteiger partial charge in [-0.1, -0.05) is 18.2 Å². The third-order valence-electron chi connectivity index (χ3n) is 4.48. The molecule has 1 heterocycles. The Labute approximate surface area is 182 Å². The minimum Gasteiger partial charge on any atom is -0.465 e. The number of nitrogens with one attached hydrogen (secondary N) is 1. The number of hydrogen-bond donors (Lipinski definition) is 1. The standard InChI is InChI=1S/C21H19N5O6/c1-25(16-7-5-4-6-8-16)19-17(26(29)30)18(22-12-23-19)24-15-10-13(20(27)31-2)9-14(11-15)21(28)32-3/h4-12H,1-3H3,(H,22,23,24). The van der Waals surface area contributed by atoms with Gasteiger partial charge in [0.15, 0.2) is 0 Å². The molecule has 0 aliphatic heterocycles. The maximum Gasteiger partial charge on any atom is 0.354 e. The van der Waals surface area contributed by atoms with Crippen LogP contribution in [0.4, 0.5) is 28.7 Å². The molecule has 0 aliphatic rings. The molecule has 0 saturated carbocycles. The van der Waals surface area contributed by atoms with Crippen LogP contribution in [0.25, 0.3) is 0 Å². The topological polar surface area (TPSA) is 137 Å². The SMILES string of the molecule is COC(=O)c1cc(Nc2ncnc(N(C)c3ccccc3)c2[N+](=O)[O-])cc(C(=O)OC)c1. The Balaban J connectivity index is 2.08. The van der Waals surface area contributed by atoms with E-state index in [0.717, 1.165) is 0 Å². The van der Waals surface area contributed by atoms with Gasteiger partial charge in [-0.25, -0.2) is 19.6 Å². The van der Waals surface area contributed by atoms with E-state index in [0.29, 0.717) is 5.69 Å². The number of nitrogens with zero attached hydrogens (tertiary/aromatic N) is 4. The molecule has 0 spiro atoms. The van der Waals surface area contributed by atoms with Crippen molar-refractivity contribution in [1.82, 2.24) is 9.97 Å². The number of nitro groups is 1. The third kappa shape index (κ3) is 4.61. The molecular formula is C21H19N5O6. The molecule has 11 heteroatoms. The number of anilines is 4. The lowest BCUT2D eigenvalue weighted by Crippen LogP contribution is -2.15. The summed E-state index contributed by atoms with van der Waals surface area (Å²) in [5.74, 6) is -1.46.